The van der Waals surface area contributed by atoms with Crippen molar-refractivity contribution in [2.24, 2.45) is 7.05 Å². The number of carbonyl (C=O) groups is 1. The number of nitrogen functional groups attached to an aromatic ring is 1. The molecule has 4 N–H and O–H groups in total. The van der Waals surface area contributed by atoms with Gasteiger partial charge in [0.15, 0.2) is 7.05 Å². The molecule has 11 nitrogen and oxygen atoms in total. The van der Waals surface area contributed by atoms with Crippen LogP contribution in [0.1, 0.15) is 11.1 Å². The number of benzene rings is 1. The van der Waals surface area contributed by atoms with Gasteiger partial charge in [0.05, 0.1) is 18.4 Å². The Balaban J connectivity index is 1.93. The predicted octanol–water partition coefficient (Wildman–Crippen LogP) is 0.919. The maximum Gasteiger partial charge on any atom is 0.435 e. The van der Waals surface area contributed by atoms with Gasteiger partial charge in [0.1, 0.15) is 39.9 Å². The van der Waals surface area contributed by atoms with Gasteiger partial charge in [0.25, 0.3) is 0 Å². The molecule has 0 bridgehead atoms. The zero-order valence-corrected chi connectivity index (χ0v) is 17.2. The predicted molar refractivity (Wildman–Crippen MR) is 110 cm³/mol. The summed E-state index contributed by atoms with van der Waals surface area (Å²) in [6.07, 6.45) is 0. The Morgan fingerprint density at radius 3 is 2.74 bits per heavy atom. The molecule has 0 saturated heterocycles. The van der Waals surface area contributed by atoms with Gasteiger partial charge in [0.2, 0.25) is 5.91 Å². The number of ether oxygens (including phenoxy) is 1. The molecular weight excluding hydrogens is 422 g/mol. The largest absolute Gasteiger partial charge is 0.497 e. The third kappa shape index (κ3) is 4.34. The van der Waals surface area contributed by atoms with Crippen LogP contribution in [0.4, 0.5) is 11.5 Å². The summed E-state index contributed by atoms with van der Waals surface area (Å²) in [4.78, 5) is 28.6. The minimum absolute atomic E-state index is 0.00861. The summed E-state index contributed by atoms with van der Waals surface area (Å²) in [6.45, 7) is 0. The molecule has 0 radical (unpaired) electrons. The monoisotopic (exact) mass is 438 g/mol. The van der Waals surface area contributed by atoms with Crippen LogP contribution in [0.25, 0.3) is 11.3 Å². The normalized spacial score (nSPS) is 10.2. The van der Waals surface area contributed by atoms with Crippen molar-refractivity contribution in [3.63, 3.8) is 0 Å². The van der Waals surface area contributed by atoms with Crippen LogP contribution in [0.2, 0.25) is 0 Å². The number of nitriles is 2. The van der Waals surface area contributed by atoms with Crippen molar-refractivity contribution in [2.45, 2.75) is 5.03 Å². The van der Waals surface area contributed by atoms with E-state index in [2.05, 4.69) is 15.6 Å². The average Bonchev–Trinajstić information content (AvgIpc) is 3.09. The lowest BCUT2D eigenvalue weighted by Gasteiger charge is -2.10. The fraction of sp³-hybridized carbons (Fsp3) is 0.158. The highest BCUT2D eigenvalue weighted by Crippen LogP contribution is 2.33. The lowest BCUT2D eigenvalue weighted by atomic mass is 10.0. The van der Waals surface area contributed by atoms with Crippen LogP contribution in [0, 0.1) is 22.7 Å². The number of thioether (sulfide) groups is 1. The first-order chi connectivity index (χ1) is 14.9. The molecule has 1 amide bonds. The summed E-state index contributed by atoms with van der Waals surface area (Å²) >= 11 is 0.947. The molecule has 12 heteroatoms. The number of hydrogen-bond acceptors (Lipinski definition) is 9. The van der Waals surface area contributed by atoms with Gasteiger partial charge in [-0.3, -0.25) is 9.32 Å². The number of hydrogen-bond donors (Lipinski definition) is 3. The number of amides is 1. The number of pyridine rings is 1. The van der Waals surface area contributed by atoms with Crippen molar-refractivity contribution in [1.82, 2.24) is 10.3 Å². The molecule has 0 aliphatic rings. The number of aryl methyl sites for hydroxylation is 1. The van der Waals surface area contributed by atoms with Gasteiger partial charge in [-0.2, -0.15) is 10.5 Å². The first-order valence-corrected chi connectivity index (χ1v) is 9.66. The Hall–Kier alpha value is -4.29. The number of nitrogens with two attached hydrogens (primary N) is 1. The molecule has 156 valence electrons. The van der Waals surface area contributed by atoms with E-state index in [1.807, 2.05) is 12.1 Å². The Bertz CT molecular complexity index is 1300. The molecular formula is C19H16N7O4S+. The fourth-order valence-electron chi connectivity index (χ4n) is 2.78. The molecule has 0 aliphatic heterocycles. The lowest BCUT2D eigenvalue weighted by Crippen LogP contribution is -2.34. The van der Waals surface area contributed by atoms with E-state index in [4.69, 9.17) is 15.0 Å². The molecule has 0 aliphatic carbocycles. The van der Waals surface area contributed by atoms with Crippen molar-refractivity contribution >= 4 is 29.2 Å². The fourth-order valence-corrected chi connectivity index (χ4v) is 3.58. The Morgan fingerprint density at radius 1 is 1.39 bits per heavy atom. The Kier molecular flexibility index (Phi) is 6.23. The number of rotatable bonds is 6. The molecule has 0 fully saturated rings. The van der Waals surface area contributed by atoms with Crippen LogP contribution in [-0.2, 0) is 11.8 Å². The van der Waals surface area contributed by atoms with E-state index >= 15 is 0 Å². The third-order valence-electron chi connectivity index (χ3n) is 4.15. The van der Waals surface area contributed by atoms with Crippen LogP contribution in [0.5, 0.6) is 5.75 Å². The highest BCUT2D eigenvalue weighted by molar-refractivity contribution is 8.00. The number of aromatic nitrogens is 3. The van der Waals surface area contributed by atoms with Crippen LogP contribution in [-0.4, -0.2) is 29.0 Å². The summed E-state index contributed by atoms with van der Waals surface area (Å²) in [6, 6.07) is 10.7. The van der Waals surface area contributed by atoms with Gasteiger partial charge in [0, 0.05) is 11.8 Å². The van der Waals surface area contributed by atoms with Crippen molar-refractivity contribution in [3.8, 4) is 29.1 Å². The van der Waals surface area contributed by atoms with Crippen LogP contribution < -0.4 is 26.1 Å². The molecule has 1 aromatic carbocycles. The molecule has 31 heavy (non-hydrogen) atoms. The third-order valence-corrected chi connectivity index (χ3v) is 5.13. The zero-order chi connectivity index (χ0) is 22.5. The average molecular weight is 438 g/mol. The number of aromatic amines is 1. The smallest absolute Gasteiger partial charge is 0.435 e. The van der Waals surface area contributed by atoms with E-state index in [0.29, 0.717) is 11.4 Å². The highest BCUT2D eigenvalue weighted by atomic mass is 32.2. The maximum absolute atomic E-state index is 12.4. The van der Waals surface area contributed by atoms with Crippen molar-refractivity contribution in [3.05, 3.63) is 45.8 Å². The van der Waals surface area contributed by atoms with Gasteiger partial charge in [-0.1, -0.05) is 22.5 Å². The second kappa shape index (κ2) is 9.02. The number of nitrogens with one attached hydrogen (secondary N) is 2. The number of anilines is 2. The quantitative estimate of drug-likeness (QED) is 0.373. The van der Waals surface area contributed by atoms with Gasteiger partial charge >= 0.3 is 11.3 Å². The number of methoxy groups -OCH3 is 1. The van der Waals surface area contributed by atoms with Gasteiger partial charge in [-0.15, -0.1) is 0 Å². The van der Waals surface area contributed by atoms with E-state index < -0.39 is 5.63 Å². The summed E-state index contributed by atoms with van der Waals surface area (Å²) in [5.41, 5.74) is 5.38. The molecule has 2 heterocycles. The van der Waals surface area contributed by atoms with E-state index in [0.717, 1.165) is 11.8 Å². The van der Waals surface area contributed by atoms with Crippen LogP contribution in [0.3, 0.4) is 0 Å². The summed E-state index contributed by atoms with van der Waals surface area (Å²) < 4.78 is 11.1. The summed E-state index contributed by atoms with van der Waals surface area (Å²) in [7, 11) is 3.00. The first-order valence-electron chi connectivity index (χ1n) is 8.67. The SMILES string of the molecule is COc1cccc(NC(=O)CSc2nc(N)c(C#N)c(-c3c(=O)o[nH][n+]3C)c2C#N)c1. The number of nitrogens with zero attached hydrogens (tertiary/aromatic N) is 4. The highest BCUT2D eigenvalue weighted by Gasteiger charge is 2.31. The van der Waals surface area contributed by atoms with Crippen molar-refractivity contribution < 1.29 is 18.7 Å². The molecule has 0 saturated carbocycles. The van der Waals surface area contributed by atoms with Crippen LogP contribution >= 0.6 is 11.8 Å². The molecule has 0 spiro atoms. The van der Waals surface area contributed by atoms with Gasteiger partial charge in [-0.25, -0.2) is 9.78 Å². The number of H-pyrrole nitrogens is 1. The minimum atomic E-state index is -0.784. The lowest BCUT2D eigenvalue weighted by molar-refractivity contribution is -0.730. The van der Waals surface area contributed by atoms with Gasteiger partial charge in [-0.05, 0) is 17.4 Å². The Labute approximate surface area is 180 Å². The van der Waals surface area contributed by atoms with Crippen LogP contribution in [0.15, 0.2) is 38.6 Å². The van der Waals surface area contributed by atoms with Crippen molar-refractivity contribution in [1.29, 1.82) is 10.5 Å². The summed E-state index contributed by atoms with van der Waals surface area (Å²) in [5.74, 6) is -0.0492. The molecule has 3 aromatic rings. The first kappa shape index (κ1) is 21.4. The van der Waals surface area contributed by atoms with E-state index in [9.17, 15) is 20.1 Å². The molecule has 3 rings (SSSR count). The topological polar surface area (TPSA) is 175 Å². The Morgan fingerprint density at radius 2 is 2.13 bits per heavy atom. The van der Waals surface area contributed by atoms with E-state index in [1.54, 1.807) is 24.3 Å². The molecule has 2 aromatic heterocycles. The van der Waals surface area contributed by atoms with Gasteiger partial charge < -0.3 is 15.8 Å². The van der Waals surface area contributed by atoms with Crippen molar-refractivity contribution in [2.75, 3.05) is 23.9 Å². The zero-order valence-electron chi connectivity index (χ0n) is 16.4. The second-order valence-corrected chi connectivity index (χ2v) is 7.07. The molecule has 0 atom stereocenters. The second-order valence-electron chi connectivity index (χ2n) is 6.11. The molecule has 0 unspecified atom stereocenters. The van der Waals surface area contributed by atoms with E-state index in [-0.39, 0.29) is 44.9 Å². The minimum Gasteiger partial charge on any atom is -0.497 e. The standard InChI is InChI=1S/C19H15N7O4S/c1-26-16(19(28)30-25-26)15-12(7-20)17(22)24-18(13(15)8-21)31-9-14(27)23-10-4-3-5-11(6-10)29-2/h3-6H,9H2,1-2H3,(H3-,22,23,24,25,27,28)/p+1. The maximum atomic E-state index is 12.4. The van der Waals surface area contributed by atoms with E-state index in [1.165, 1.54) is 18.8 Å². The summed E-state index contributed by atoms with van der Waals surface area (Å²) in [5, 5.41) is 24.4. The number of carbonyl (C=O) groups excluding carboxylic acids is 1.